The Hall–Kier alpha value is -1.11. The summed E-state index contributed by atoms with van der Waals surface area (Å²) in [7, 11) is 1.82. The first-order valence-electron chi connectivity index (χ1n) is 5.04. The van der Waals surface area contributed by atoms with Crippen molar-refractivity contribution in [3.8, 4) is 6.07 Å². The van der Waals surface area contributed by atoms with Crippen molar-refractivity contribution in [3.63, 3.8) is 0 Å². The summed E-state index contributed by atoms with van der Waals surface area (Å²) in [6.07, 6.45) is 0. The van der Waals surface area contributed by atoms with Gasteiger partial charge in [-0.25, -0.2) is 4.39 Å². The van der Waals surface area contributed by atoms with Crippen LogP contribution in [0, 0.1) is 17.1 Å². The topological polar surface area (TPSA) is 27.0 Å². The summed E-state index contributed by atoms with van der Waals surface area (Å²) in [5.41, 5.74) is 0.617. The van der Waals surface area contributed by atoms with Gasteiger partial charge in [0.2, 0.25) is 0 Å². The fourth-order valence-electron chi connectivity index (χ4n) is 1.50. The van der Waals surface area contributed by atoms with E-state index in [-0.39, 0.29) is 11.9 Å². The lowest BCUT2D eigenvalue weighted by Gasteiger charge is -2.25. The van der Waals surface area contributed by atoms with Crippen molar-refractivity contribution >= 4 is 11.6 Å². The van der Waals surface area contributed by atoms with E-state index in [1.54, 1.807) is 18.2 Å². The molecule has 4 heteroatoms. The van der Waals surface area contributed by atoms with E-state index in [0.717, 1.165) is 0 Å². The van der Waals surface area contributed by atoms with E-state index in [0.29, 0.717) is 12.1 Å². The van der Waals surface area contributed by atoms with Gasteiger partial charge >= 0.3 is 0 Å². The Morgan fingerprint density at radius 2 is 2.12 bits per heavy atom. The van der Waals surface area contributed by atoms with Gasteiger partial charge in [-0.3, -0.25) is 4.90 Å². The van der Waals surface area contributed by atoms with Gasteiger partial charge in [-0.1, -0.05) is 18.2 Å². The zero-order valence-electron chi connectivity index (χ0n) is 9.32. The average molecular weight is 241 g/mol. The van der Waals surface area contributed by atoms with E-state index in [2.05, 4.69) is 0 Å². The standard InChI is InChI=1S/C12H14ClFN2/c1-9(16(2)8-10(13)7-15)11-5-3-4-6-12(11)14/h3-6,9-10H,8H2,1-2H3. The second-order valence-electron chi connectivity index (χ2n) is 3.73. The molecule has 0 heterocycles. The molecule has 0 aliphatic heterocycles. The van der Waals surface area contributed by atoms with Crippen LogP contribution < -0.4 is 0 Å². The van der Waals surface area contributed by atoms with Crippen LogP contribution in [0.4, 0.5) is 4.39 Å². The van der Waals surface area contributed by atoms with Crippen molar-refractivity contribution < 1.29 is 4.39 Å². The monoisotopic (exact) mass is 240 g/mol. The third kappa shape index (κ3) is 3.19. The molecule has 16 heavy (non-hydrogen) atoms. The molecule has 0 N–H and O–H groups in total. The SMILES string of the molecule is CC(c1ccccc1F)N(C)CC(Cl)C#N. The largest absolute Gasteiger partial charge is 0.297 e. The molecule has 0 amide bonds. The van der Waals surface area contributed by atoms with Crippen LogP contribution in [-0.2, 0) is 0 Å². The molecular formula is C12H14ClFN2. The number of hydrogen-bond donors (Lipinski definition) is 0. The van der Waals surface area contributed by atoms with Crippen LogP contribution in [0.3, 0.4) is 0 Å². The van der Waals surface area contributed by atoms with Gasteiger partial charge < -0.3 is 0 Å². The maximum Gasteiger partial charge on any atom is 0.133 e. The van der Waals surface area contributed by atoms with Gasteiger partial charge in [0, 0.05) is 18.2 Å². The van der Waals surface area contributed by atoms with Crippen LogP contribution in [0.5, 0.6) is 0 Å². The highest BCUT2D eigenvalue weighted by Gasteiger charge is 2.17. The molecule has 2 nitrogen and oxygen atoms in total. The number of nitriles is 1. The molecule has 86 valence electrons. The molecule has 1 aromatic carbocycles. The van der Waals surface area contributed by atoms with E-state index in [4.69, 9.17) is 16.9 Å². The van der Waals surface area contributed by atoms with Crippen molar-refractivity contribution in [2.45, 2.75) is 18.3 Å². The summed E-state index contributed by atoms with van der Waals surface area (Å²) in [5.74, 6) is -0.232. The quantitative estimate of drug-likeness (QED) is 0.757. The van der Waals surface area contributed by atoms with E-state index in [9.17, 15) is 4.39 Å². The molecule has 0 saturated heterocycles. The van der Waals surface area contributed by atoms with Crippen LogP contribution in [0.15, 0.2) is 24.3 Å². The first kappa shape index (κ1) is 13.0. The third-order valence-electron chi connectivity index (χ3n) is 2.60. The fraction of sp³-hybridized carbons (Fsp3) is 0.417. The highest BCUT2D eigenvalue weighted by atomic mass is 35.5. The Kier molecular flexibility index (Phi) is 4.72. The molecular weight excluding hydrogens is 227 g/mol. The summed E-state index contributed by atoms with van der Waals surface area (Å²) in [4.78, 5) is 1.86. The van der Waals surface area contributed by atoms with Gasteiger partial charge in [-0.2, -0.15) is 5.26 Å². The lowest BCUT2D eigenvalue weighted by atomic mass is 10.1. The minimum absolute atomic E-state index is 0.101. The lowest BCUT2D eigenvalue weighted by Crippen LogP contribution is -2.28. The van der Waals surface area contributed by atoms with E-state index in [1.165, 1.54) is 6.07 Å². The molecule has 2 atom stereocenters. The van der Waals surface area contributed by atoms with Crippen LogP contribution >= 0.6 is 11.6 Å². The number of benzene rings is 1. The summed E-state index contributed by atoms with van der Waals surface area (Å²) in [5, 5.41) is 8.04. The van der Waals surface area contributed by atoms with Gasteiger partial charge in [0.25, 0.3) is 0 Å². The number of halogens is 2. The Labute approximate surface area is 100 Å². The van der Waals surface area contributed by atoms with Crippen LogP contribution in [0.25, 0.3) is 0 Å². The van der Waals surface area contributed by atoms with Crippen molar-refractivity contribution in [1.82, 2.24) is 4.90 Å². The van der Waals surface area contributed by atoms with Crippen molar-refractivity contribution in [1.29, 1.82) is 5.26 Å². The smallest absolute Gasteiger partial charge is 0.133 e. The summed E-state index contributed by atoms with van der Waals surface area (Å²) in [6.45, 7) is 2.30. The Bertz CT molecular complexity index is 389. The molecule has 0 fully saturated rings. The van der Waals surface area contributed by atoms with E-state index < -0.39 is 5.38 Å². The van der Waals surface area contributed by atoms with Gasteiger partial charge in [-0.05, 0) is 20.0 Å². The molecule has 1 rings (SSSR count). The van der Waals surface area contributed by atoms with Crippen LogP contribution in [-0.4, -0.2) is 23.9 Å². The number of alkyl halides is 1. The number of hydrogen-bond acceptors (Lipinski definition) is 2. The minimum Gasteiger partial charge on any atom is -0.297 e. The number of rotatable bonds is 4. The highest BCUT2D eigenvalue weighted by Crippen LogP contribution is 2.21. The second-order valence-corrected chi connectivity index (χ2v) is 4.26. The van der Waals surface area contributed by atoms with Gasteiger partial charge in [0.05, 0.1) is 6.07 Å². The molecule has 0 radical (unpaired) electrons. The average Bonchev–Trinajstić information content (AvgIpc) is 2.28. The molecule has 2 unspecified atom stereocenters. The predicted octanol–water partition coefficient (Wildman–Crippen LogP) is 2.95. The van der Waals surface area contributed by atoms with E-state index in [1.807, 2.05) is 24.9 Å². The van der Waals surface area contributed by atoms with Crippen LogP contribution in [0.1, 0.15) is 18.5 Å². The van der Waals surface area contributed by atoms with Gasteiger partial charge in [-0.15, -0.1) is 11.6 Å². The first-order chi connectivity index (χ1) is 7.56. The Balaban J connectivity index is 2.75. The van der Waals surface area contributed by atoms with E-state index >= 15 is 0 Å². The normalized spacial score (nSPS) is 14.5. The summed E-state index contributed by atoms with van der Waals surface area (Å²) < 4.78 is 13.5. The van der Waals surface area contributed by atoms with Crippen molar-refractivity contribution in [2.75, 3.05) is 13.6 Å². The Morgan fingerprint density at radius 3 is 2.69 bits per heavy atom. The summed E-state index contributed by atoms with van der Waals surface area (Å²) in [6, 6.07) is 8.48. The molecule has 1 aromatic rings. The predicted molar refractivity (Wildman–Crippen MR) is 62.7 cm³/mol. The van der Waals surface area contributed by atoms with Crippen molar-refractivity contribution in [3.05, 3.63) is 35.6 Å². The molecule has 0 saturated carbocycles. The summed E-state index contributed by atoms with van der Waals surface area (Å²) >= 11 is 5.73. The van der Waals surface area contributed by atoms with Crippen LogP contribution in [0.2, 0.25) is 0 Å². The Morgan fingerprint density at radius 1 is 1.50 bits per heavy atom. The molecule has 0 spiro atoms. The maximum atomic E-state index is 13.5. The van der Waals surface area contributed by atoms with Crippen molar-refractivity contribution in [2.24, 2.45) is 0 Å². The molecule has 0 bridgehead atoms. The minimum atomic E-state index is -0.570. The van der Waals surface area contributed by atoms with Gasteiger partial charge in [0.1, 0.15) is 11.2 Å². The zero-order valence-corrected chi connectivity index (χ0v) is 10.1. The molecule has 0 aliphatic rings. The molecule has 0 aliphatic carbocycles. The highest BCUT2D eigenvalue weighted by molar-refractivity contribution is 6.22. The molecule has 0 aromatic heterocycles. The van der Waals surface area contributed by atoms with Gasteiger partial charge in [0.15, 0.2) is 0 Å². The zero-order chi connectivity index (χ0) is 12.1. The second kappa shape index (κ2) is 5.83. The first-order valence-corrected chi connectivity index (χ1v) is 5.48. The lowest BCUT2D eigenvalue weighted by molar-refractivity contribution is 0.263. The maximum absolute atomic E-state index is 13.5. The fourth-order valence-corrected chi connectivity index (χ4v) is 1.72. The third-order valence-corrected chi connectivity index (χ3v) is 2.84. The number of nitrogens with zero attached hydrogens (tertiary/aromatic N) is 2.